The van der Waals surface area contributed by atoms with Gasteiger partial charge in [0.1, 0.15) is 0 Å². The molecule has 0 aliphatic heterocycles. The summed E-state index contributed by atoms with van der Waals surface area (Å²) < 4.78 is 2.11. The van der Waals surface area contributed by atoms with Gasteiger partial charge < -0.3 is 0 Å². The van der Waals surface area contributed by atoms with E-state index in [0.29, 0.717) is 13.9 Å². The summed E-state index contributed by atoms with van der Waals surface area (Å²) in [5.41, 5.74) is 0. The molecule has 2 nitrogen and oxygen atoms in total. The fourth-order valence-electron chi connectivity index (χ4n) is 1.36. The molecule has 0 saturated heterocycles. The zero-order chi connectivity index (χ0) is 11.0. The van der Waals surface area contributed by atoms with Gasteiger partial charge in [0.05, 0.1) is 0 Å². The Morgan fingerprint density at radius 1 is 1.13 bits per heavy atom. The molecule has 0 fully saturated rings. The van der Waals surface area contributed by atoms with Crippen molar-refractivity contribution in [1.29, 1.82) is 10.5 Å². The van der Waals surface area contributed by atoms with Crippen molar-refractivity contribution in [3.63, 3.8) is 0 Å². The van der Waals surface area contributed by atoms with Crippen molar-refractivity contribution < 1.29 is 0 Å². The molecule has 0 atom stereocenters. The number of nitriles is 2. The van der Waals surface area contributed by atoms with Crippen LogP contribution in [0.15, 0.2) is 16.6 Å². The van der Waals surface area contributed by atoms with Gasteiger partial charge in [0.2, 0.25) is 0 Å². The first kappa shape index (κ1) is 10.7. The van der Waals surface area contributed by atoms with Crippen LogP contribution in [-0.4, -0.2) is 14.5 Å². The third-order valence-corrected chi connectivity index (χ3v) is 5.04. The molecule has 0 radical (unpaired) electrons. The molecular weight excluding hydrogens is 342 g/mol. The van der Waals surface area contributed by atoms with Crippen molar-refractivity contribution in [3.8, 4) is 12.1 Å². The van der Waals surface area contributed by atoms with Gasteiger partial charge >= 0.3 is 106 Å². The molecule has 0 saturated carbocycles. The Balaban J connectivity index is 3.07. The summed E-state index contributed by atoms with van der Waals surface area (Å²) in [4.78, 5) is 0. The van der Waals surface area contributed by atoms with E-state index in [1.807, 2.05) is 0 Å². The number of halogens is 2. The second kappa shape index (κ2) is 4.00. The number of fused-ring (bicyclic) bond motifs is 1. The average Bonchev–Trinajstić information content (AvgIpc) is 2.63. The zero-order valence-electron chi connectivity index (χ0n) is 7.21. The Bertz CT molecular complexity index is 579. The third-order valence-electron chi connectivity index (χ3n) is 1.96. The van der Waals surface area contributed by atoms with Crippen LogP contribution in [0.25, 0.3) is 10.8 Å². The fraction of sp³-hybridized carbons (Fsp3) is 0. The van der Waals surface area contributed by atoms with Crippen LogP contribution in [-0.2, 0) is 0 Å². The molecule has 0 aliphatic rings. The van der Waals surface area contributed by atoms with Gasteiger partial charge in [-0.25, -0.2) is 0 Å². The van der Waals surface area contributed by atoms with E-state index in [2.05, 4.69) is 28.1 Å². The van der Waals surface area contributed by atoms with E-state index in [1.54, 1.807) is 12.1 Å². The Hall–Kier alpha value is -0.771. The Kier molecular flexibility index (Phi) is 2.87. The van der Waals surface area contributed by atoms with Gasteiger partial charge in [0.15, 0.2) is 0 Å². The third kappa shape index (κ3) is 1.61. The number of nitrogens with zero attached hydrogens (tertiary/aromatic N) is 2. The zero-order valence-corrected chi connectivity index (χ0v) is 11.3. The van der Waals surface area contributed by atoms with Crippen LogP contribution >= 0.6 is 27.5 Å². The molecule has 0 spiro atoms. The molecule has 1 aromatic heterocycles. The van der Waals surface area contributed by atoms with Crippen LogP contribution in [0.1, 0.15) is 8.87 Å². The van der Waals surface area contributed by atoms with Gasteiger partial charge in [0.25, 0.3) is 0 Å². The van der Waals surface area contributed by atoms with Crippen LogP contribution in [0.4, 0.5) is 0 Å². The van der Waals surface area contributed by atoms with Crippen LogP contribution in [0, 0.1) is 22.7 Å². The van der Waals surface area contributed by atoms with Gasteiger partial charge in [-0.05, 0) is 0 Å². The summed E-state index contributed by atoms with van der Waals surface area (Å²) in [7, 11) is 0. The molecule has 72 valence electrons. The van der Waals surface area contributed by atoms with E-state index in [1.165, 1.54) is 0 Å². The topological polar surface area (TPSA) is 47.6 Å². The molecule has 1 aromatic carbocycles. The first-order chi connectivity index (χ1) is 7.19. The predicted molar refractivity (Wildman–Crippen MR) is 63.0 cm³/mol. The predicted octanol–water partition coefficient (Wildman–Crippen LogP) is 3.06. The van der Waals surface area contributed by atoms with Crippen LogP contribution in [0.2, 0.25) is 5.02 Å². The van der Waals surface area contributed by atoms with Crippen molar-refractivity contribution in [1.82, 2.24) is 0 Å². The van der Waals surface area contributed by atoms with Crippen molar-refractivity contribution in [2.24, 2.45) is 0 Å². The van der Waals surface area contributed by atoms with Crippen molar-refractivity contribution >= 4 is 52.8 Å². The van der Waals surface area contributed by atoms with Crippen LogP contribution < -0.4 is 0 Å². The summed E-state index contributed by atoms with van der Waals surface area (Å²) in [6.45, 7) is 0. The molecule has 0 amide bonds. The van der Waals surface area contributed by atoms with E-state index < -0.39 is 0 Å². The first-order valence-corrected chi connectivity index (χ1v) is 6.78. The molecule has 5 heteroatoms. The number of hydrogen-bond donors (Lipinski definition) is 0. The Morgan fingerprint density at radius 2 is 1.73 bits per heavy atom. The normalized spacial score (nSPS) is 9.87. The number of hydrogen-bond acceptors (Lipinski definition) is 2. The van der Waals surface area contributed by atoms with Gasteiger partial charge in [-0.3, -0.25) is 0 Å². The second-order valence-corrected chi connectivity index (χ2v) is 6.17. The molecular formula is C10H2BrClN2Se. The summed E-state index contributed by atoms with van der Waals surface area (Å²) in [6.07, 6.45) is 0. The van der Waals surface area contributed by atoms with E-state index in [4.69, 9.17) is 22.1 Å². The molecule has 0 aliphatic carbocycles. The van der Waals surface area contributed by atoms with E-state index >= 15 is 0 Å². The molecule has 0 bridgehead atoms. The van der Waals surface area contributed by atoms with E-state index in [-0.39, 0.29) is 14.5 Å². The average molecular weight is 344 g/mol. The Labute approximate surface area is 106 Å². The van der Waals surface area contributed by atoms with Crippen molar-refractivity contribution in [2.45, 2.75) is 0 Å². The second-order valence-electron chi connectivity index (χ2n) is 2.76. The van der Waals surface area contributed by atoms with Gasteiger partial charge in [-0.15, -0.1) is 0 Å². The van der Waals surface area contributed by atoms with Crippen molar-refractivity contribution in [2.75, 3.05) is 0 Å². The van der Waals surface area contributed by atoms with Gasteiger partial charge in [0, 0.05) is 0 Å². The van der Waals surface area contributed by atoms with E-state index in [0.717, 1.165) is 15.2 Å². The summed E-state index contributed by atoms with van der Waals surface area (Å²) in [5, 5.41) is 20.0. The molecule has 2 aromatic rings. The summed E-state index contributed by atoms with van der Waals surface area (Å²) >= 11 is 9.20. The molecule has 15 heavy (non-hydrogen) atoms. The maximum absolute atomic E-state index is 8.98. The van der Waals surface area contributed by atoms with E-state index in [9.17, 15) is 0 Å². The number of benzene rings is 1. The molecule has 2 rings (SSSR count). The van der Waals surface area contributed by atoms with Crippen LogP contribution in [0.3, 0.4) is 0 Å². The van der Waals surface area contributed by atoms with Crippen LogP contribution in [0.5, 0.6) is 0 Å². The molecule has 0 N–H and O–H groups in total. The van der Waals surface area contributed by atoms with Gasteiger partial charge in [-0.2, -0.15) is 0 Å². The Morgan fingerprint density at radius 3 is 2.33 bits per heavy atom. The van der Waals surface area contributed by atoms with Crippen molar-refractivity contribution in [3.05, 3.63) is 30.5 Å². The monoisotopic (exact) mass is 344 g/mol. The fourth-order valence-corrected chi connectivity index (χ4v) is 4.50. The molecule has 0 unspecified atom stereocenters. The van der Waals surface area contributed by atoms with Gasteiger partial charge in [-0.1, -0.05) is 0 Å². The minimum absolute atomic E-state index is 0.209. The number of rotatable bonds is 0. The quantitative estimate of drug-likeness (QED) is 0.690. The molecule has 1 heterocycles. The first-order valence-electron chi connectivity index (χ1n) is 3.89. The maximum atomic E-state index is 8.98. The SMILES string of the molecule is N#Cc1[se]c(C#N)c2c(Br)ccc(Cl)c12. The summed E-state index contributed by atoms with van der Waals surface area (Å²) in [5.74, 6) is 0. The minimum atomic E-state index is -0.209. The standard InChI is InChI=1S/C10H2BrClN2Se/c11-5-1-2-6(12)10-8(4-14)15-7(3-13)9(5)10/h1-2H. The summed E-state index contributed by atoms with van der Waals surface area (Å²) in [6, 6.07) is 7.79.